The Balaban J connectivity index is 1.40. The number of anilines is 1. The number of fused-ring (bicyclic) bond motifs is 3. The maximum absolute atomic E-state index is 16.1. The van der Waals surface area contributed by atoms with Crippen molar-refractivity contribution in [2.45, 2.75) is 96.5 Å². The monoisotopic (exact) mass is 672 g/mol. The average molecular weight is 674 g/mol. The molecule has 2 aliphatic carbocycles. The molecular weight excluding hydrogens is 630 g/mol. The summed E-state index contributed by atoms with van der Waals surface area (Å²) in [4.78, 5) is 52.3. The van der Waals surface area contributed by atoms with Gasteiger partial charge in [-0.05, 0) is 93.2 Å². The molecule has 4 heterocycles. The minimum Gasteiger partial charge on any atom is -0.368 e. The number of aromatic nitrogens is 2. The largest absolute Gasteiger partial charge is 0.368 e. The van der Waals surface area contributed by atoms with Gasteiger partial charge in [0.2, 0.25) is 5.91 Å². The summed E-state index contributed by atoms with van der Waals surface area (Å²) in [7, 11) is 0. The van der Waals surface area contributed by atoms with Crippen molar-refractivity contribution in [1.82, 2.24) is 14.9 Å². The second kappa shape index (κ2) is 12.4. The molecule has 11 heteroatoms. The van der Waals surface area contributed by atoms with Gasteiger partial charge in [0.15, 0.2) is 11.0 Å². The molecule has 8 nitrogen and oxygen atoms in total. The molecule has 248 valence electrons. The summed E-state index contributed by atoms with van der Waals surface area (Å²) in [6.45, 7) is 9.90. The highest BCUT2D eigenvalue weighted by Crippen LogP contribution is 2.72. The third-order valence-electron chi connectivity index (χ3n) is 11.6. The molecule has 0 radical (unpaired) electrons. The molecule has 2 spiro atoms. The SMILES string of the molecule is CCN(CC)C(=O)[C@@H]1CC[C@@H](CC(=O)[C@@H]2CC3(CCC(C)(C)CC3)[C@@]3(C(=O)Nc4nc(Cl)ccc43)[C@H]2c2ccnc(Cl)c2F)CO1. The van der Waals surface area contributed by atoms with Crippen LogP contribution in [0.5, 0.6) is 0 Å². The van der Waals surface area contributed by atoms with Crippen molar-refractivity contribution in [1.29, 1.82) is 0 Å². The topological polar surface area (TPSA) is 101 Å². The van der Waals surface area contributed by atoms with E-state index in [4.69, 9.17) is 27.9 Å². The fourth-order valence-electron chi connectivity index (χ4n) is 9.11. The number of pyridine rings is 2. The normalized spacial score (nSPS) is 29.5. The van der Waals surface area contributed by atoms with Crippen molar-refractivity contribution in [3.63, 3.8) is 0 Å². The number of rotatable bonds is 7. The number of likely N-dealkylation sites (N-methyl/N-ethyl adjacent to an activating group) is 1. The first-order valence-corrected chi connectivity index (χ1v) is 17.3. The number of carbonyl (C=O) groups is 3. The Morgan fingerprint density at radius 1 is 1.09 bits per heavy atom. The molecule has 2 aromatic heterocycles. The van der Waals surface area contributed by atoms with Crippen molar-refractivity contribution in [3.05, 3.63) is 51.6 Å². The lowest BCUT2D eigenvalue weighted by atomic mass is 9.51. The van der Waals surface area contributed by atoms with E-state index in [1.807, 2.05) is 19.9 Å². The Bertz CT molecular complexity index is 1530. The molecule has 2 aromatic rings. The summed E-state index contributed by atoms with van der Waals surface area (Å²) in [5.41, 5.74) is -0.919. The number of amides is 2. The highest BCUT2D eigenvalue weighted by Gasteiger charge is 2.72. The smallest absolute Gasteiger partial charge is 0.251 e. The van der Waals surface area contributed by atoms with Crippen LogP contribution in [0.15, 0.2) is 24.4 Å². The fourth-order valence-corrected chi connectivity index (χ4v) is 9.42. The van der Waals surface area contributed by atoms with Crippen LogP contribution in [0.25, 0.3) is 0 Å². The Kier molecular flexibility index (Phi) is 9.00. The molecule has 2 saturated carbocycles. The third-order valence-corrected chi connectivity index (χ3v) is 12.1. The van der Waals surface area contributed by atoms with Crippen molar-refractivity contribution in [3.8, 4) is 0 Å². The number of nitrogens with zero attached hydrogens (tertiary/aromatic N) is 3. The molecule has 46 heavy (non-hydrogen) atoms. The van der Waals surface area contributed by atoms with Crippen LogP contribution in [-0.2, 0) is 24.5 Å². The van der Waals surface area contributed by atoms with Gasteiger partial charge in [0.25, 0.3) is 5.91 Å². The van der Waals surface area contributed by atoms with Crippen LogP contribution in [-0.4, -0.2) is 58.3 Å². The summed E-state index contributed by atoms with van der Waals surface area (Å²) in [5.74, 6) is -2.22. The molecule has 4 aliphatic rings. The lowest BCUT2D eigenvalue weighted by Gasteiger charge is -2.50. The van der Waals surface area contributed by atoms with E-state index in [2.05, 4.69) is 29.1 Å². The second-order valence-corrected chi connectivity index (χ2v) is 15.2. The van der Waals surface area contributed by atoms with E-state index in [0.717, 1.165) is 12.8 Å². The quantitative estimate of drug-likeness (QED) is 0.314. The number of nitrogens with one attached hydrogen (secondary N) is 1. The fraction of sp³-hybridized carbons (Fsp3) is 0.629. The Hall–Kier alpha value is -2.62. The summed E-state index contributed by atoms with van der Waals surface area (Å²) >= 11 is 12.6. The number of hydrogen-bond donors (Lipinski definition) is 1. The molecule has 2 amide bonds. The zero-order valence-corrected chi connectivity index (χ0v) is 28.5. The van der Waals surface area contributed by atoms with Crippen LogP contribution >= 0.6 is 23.2 Å². The predicted octanol–water partition coefficient (Wildman–Crippen LogP) is 7.13. The van der Waals surface area contributed by atoms with Crippen LogP contribution in [0.2, 0.25) is 10.3 Å². The van der Waals surface area contributed by atoms with Crippen LogP contribution in [0.1, 0.15) is 96.1 Å². The number of Topliss-reactive ketones (excluding diaryl/α,β-unsaturated/α-hetero) is 1. The molecule has 5 atom stereocenters. The number of hydrogen-bond acceptors (Lipinski definition) is 6. The Morgan fingerprint density at radius 2 is 1.80 bits per heavy atom. The van der Waals surface area contributed by atoms with Crippen LogP contribution in [0, 0.1) is 28.5 Å². The van der Waals surface area contributed by atoms with E-state index in [1.165, 1.54) is 6.20 Å². The molecule has 0 bridgehead atoms. The van der Waals surface area contributed by atoms with Crippen LogP contribution in [0.3, 0.4) is 0 Å². The summed E-state index contributed by atoms with van der Waals surface area (Å²) < 4.78 is 22.2. The van der Waals surface area contributed by atoms with Gasteiger partial charge in [0.05, 0.1) is 12.0 Å². The number of ether oxygens (including phenoxy) is 1. The van der Waals surface area contributed by atoms with E-state index in [0.29, 0.717) is 63.2 Å². The first-order valence-electron chi connectivity index (χ1n) is 16.6. The zero-order chi connectivity index (χ0) is 33.0. The van der Waals surface area contributed by atoms with Gasteiger partial charge in [-0.25, -0.2) is 14.4 Å². The maximum Gasteiger partial charge on any atom is 0.251 e. The minimum atomic E-state index is -1.26. The van der Waals surface area contributed by atoms with Gasteiger partial charge in [-0.1, -0.05) is 43.1 Å². The van der Waals surface area contributed by atoms with E-state index >= 15 is 4.39 Å². The lowest BCUT2D eigenvalue weighted by molar-refractivity contribution is -0.148. The first-order chi connectivity index (χ1) is 21.9. The molecule has 1 saturated heterocycles. The predicted molar refractivity (Wildman–Crippen MR) is 174 cm³/mol. The highest BCUT2D eigenvalue weighted by molar-refractivity contribution is 6.30. The summed E-state index contributed by atoms with van der Waals surface area (Å²) in [5, 5.41) is 2.95. The minimum absolute atomic E-state index is 0.0144. The molecule has 1 N–H and O–H groups in total. The standard InChI is InChI=1S/C35H43Cl2FN4O4/c1-5-42(6-2)31(44)25-9-7-20(19-46-25)17-24(43)22-18-34(14-12-33(3,4)13-15-34)35(27(22)21-11-16-39-29(37)28(21)38)23-8-10-26(36)40-30(23)41-32(35)45/h8,10-11,16,20,22,25,27H,5-7,9,12-15,17-19H2,1-4H3,(H,40,41,45)/t20-,22-,25-,27-,35+/m0/s1. The van der Waals surface area contributed by atoms with E-state index in [1.54, 1.807) is 17.0 Å². The van der Waals surface area contributed by atoms with Gasteiger partial charge in [-0.3, -0.25) is 14.4 Å². The Morgan fingerprint density at radius 3 is 2.46 bits per heavy atom. The van der Waals surface area contributed by atoms with E-state index < -0.39 is 34.6 Å². The highest BCUT2D eigenvalue weighted by atomic mass is 35.5. The van der Waals surface area contributed by atoms with Gasteiger partial charge in [-0.2, -0.15) is 0 Å². The molecule has 2 aliphatic heterocycles. The van der Waals surface area contributed by atoms with Gasteiger partial charge < -0.3 is 15.0 Å². The molecule has 0 aromatic carbocycles. The number of ketones is 1. The van der Waals surface area contributed by atoms with Gasteiger partial charge in [0, 0.05) is 43.1 Å². The zero-order valence-electron chi connectivity index (χ0n) is 27.0. The number of halogens is 3. The maximum atomic E-state index is 16.1. The Labute approximate surface area is 280 Å². The van der Waals surface area contributed by atoms with E-state index in [9.17, 15) is 14.4 Å². The molecule has 3 fully saturated rings. The average Bonchev–Trinajstić information content (AvgIpc) is 3.49. The first kappa shape index (κ1) is 33.3. The third kappa shape index (κ3) is 5.34. The molecule has 6 rings (SSSR count). The van der Waals surface area contributed by atoms with Gasteiger partial charge in [0.1, 0.15) is 22.9 Å². The summed E-state index contributed by atoms with van der Waals surface area (Å²) in [6.07, 6.45) is 5.96. The van der Waals surface area contributed by atoms with Crippen LogP contribution < -0.4 is 5.32 Å². The van der Waals surface area contributed by atoms with Gasteiger partial charge in [-0.15, -0.1) is 0 Å². The van der Waals surface area contributed by atoms with Crippen LogP contribution in [0.4, 0.5) is 10.2 Å². The van der Waals surface area contributed by atoms with Crippen molar-refractivity contribution < 1.29 is 23.5 Å². The number of carbonyl (C=O) groups excluding carboxylic acids is 3. The summed E-state index contributed by atoms with van der Waals surface area (Å²) in [6, 6.07) is 5.06. The molecule has 0 unspecified atom stereocenters. The van der Waals surface area contributed by atoms with Crippen molar-refractivity contribution in [2.75, 3.05) is 25.0 Å². The van der Waals surface area contributed by atoms with E-state index in [-0.39, 0.29) is 51.2 Å². The van der Waals surface area contributed by atoms with Crippen molar-refractivity contribution >= 4 is 46.6 Å². The van der Waals surface area contributed by atoms with Crippen molar-refractivity contribution in [2.24, 2.45) is 22.7 Å². The lowest BCUT2D eigenvalue weighted by Crippen LogP contribution is -2.52. The molecular formula is C35H43Cl2FN4O4. The van der Waals surface area contributed by atoms with Gasteiger partial charge >= 0.3 is 0 Å². The second-order valence-electron chi connectivity index (χ2n) is 14.5.